The van der Waals surface area contributed by atoms with E-state index in [0.717, 1.165) is 6.23 Å². The van der Waals surface area contributed by atoms with Crippen molar-refractivity contribution in [3.8, 4) is 11.1 Å². The fourth-order valence-electron chi connectivity index (χ4n) is 2.17. The highest BCUT2D eigenvalue weighted by Gasteiger charge is 2.17. The van der Waals surface area contributed by atoms with E-state index in [-0.39, 0.29) is 10.0 Å². The fraction of sp³-hybridized carbons (Fsp3) is 0.438. The van der Waals surface area contributed by atoms with E-state index < -0.39 is 19.7 Å². The Bertz CT molecular complexity index is 698. The van der Waals surface area contributed by atoms with Gasteiger partial charge in [-0.1, -0.05) is 19.6 Å². The van der Waals surface area contributed by atoms with Gasteiger partial charge < -0.3 is 4.74 Å². The molecule has 1 heterocycles. The summed E-state index contributed by atoms with van der Waals surface area (Å²) >= 11 is 2.99. The van der Waals surface area contributed by atoms with Gasteiger partial charge in [-0.15, -0.1) is 0 Å². The summed E-state index contributed by atoms with van der Waals surface area (Å²) < 4.78 is 35.3. The molecule has 1 aromatic heterocycles. The SMILES string of the molecule is Cc1nn(CCOC[Si](C)(C)C)cc1-c1ccc(Br)c(F)c1F. The first kappa shape index (κ1) is 18.3. The van der Waals surface area contributed by atoms with Gasteiger partial charge in [-0.25, -0.2) is 8.78 Å². The van der Waals surface area contributed by atoms with Crippen LogP contribution in [0.15, 0.2) is 22.8 Å². The lowest BCUT2D eigenvalue weighted by Gasteiger charge is -2.15. The molecule has 0 aliphatic heterocycles. The van der Waals surface area contributed by atoms with Crippen molar-refractivity contribution in [1.29, 1.82) is 0 Å². The summed E-state index contributed by atoms with van der Waals surface area (Å²) in [5, 5.41) is 4.36. The zero-order valence-electron chi connectivity index (χ0n) is 13.8. The second-order valence-electron chi connectivity index (χ2n) is 6.73. The molecule has 7 heteroatoms. The highest BCUT2D eigenvalue weighted by atomic mass is 79.9. The second kappa shape index (κ2) is 7.23. The Morgan fingerprint density at radius 2 is 1.87 bits per heavy atom. The lowest BCUT2D eigenvalue weighted by atomic mass is 10.1. The first-order valence-corrected chi connectivity index (χ1v) is 11.9. The summed E-state index contributed by atoms with van der Waals surface area (Å²) in [6, 6.07) is 3.06. The van der Waals surface area contributed by atoms with Crippen molar-refractivity contribution in [3.05, 3.63) is 40.1 Å². The quantitative estimate of drug-likeness (QED) is 0.394. The highest BCUT2D eigenvalue weighted by Crippen LogP contribution is 2.30. The largest absolute Gasteiger partial charge is 0.383 e. The Morgan fingerprint density at radius 3 is 2.52 bits per heavy atom. The topological polar surface area (TPSA) is 27.1 Å². The maximum Gasteiger partial charge on any atom is 0.173 e. The van der Waals surface area contributed by atoms with Gasteiger partial charge in [-0.05, 0) is 35.0 Å². The Kier molecular flexibility index (Phi) is 5.75. The molecule has 0 saturated heterocycles. The van der Waals surface area contributed by atoms with Crippen molar-refractivity contribution in [2.45, 2.75) is 33.1 Å². The number of hydrogen-bond donors (Lipinski definition) is 0. The first-order chi connectivity index (χ1) is 10.7. The molecule has 0 aliphatic carbocycles. The van der Waals surface area contributed by atoms with Gasteiger partial charge in [0.25, 0.3) is 0 Å². The molecule has 2 aromatic rings. The van der Waals surface area contributed by atoms with Gasteiger partial charge in [0, 0.05) is 23.6 Å². The zero-order chi connectivity index (χ0) is 17.2. The lowest BCUT2D eigenvalue weighted by molar-refractivity contribution is 0.160. The van der Waals surface area contributed by atoms with Crippen LogP contribution in [-0.2, 0) is 11.3 Å². The van der Waals surface area contributed by atoms with E-state index in [2.05, 4.69) is 40.7 Å². The van der Waals surface area contributed by atoms with E-state index in [4.69, 9.17) is 4.74 Å². The van der Waals surface area contributed by atoms with Crippen LogP contribution < -0.4 is 0 Å². The van der Waals surface area contributed by atoms with Crippen LogP contribution in [0.5, 0.6) is 0 Å². The zero-order valence-corrected chi connectivity index (χ0v) is 16.4. The first-order valence-electron chi connectivity index (χ1n) is 7.45. The molecule has 23 heavy (non-hydrogen) atoms. The van der Waals surface area contributed by atoms with E-state index in [9.17, 15) is 8.78 Å². The number of nitrogens with zero attached hydrogens (tertiary/aromatic N) is 2. The van der Waals surface area contributed by atoms with Crippen LogP contribution in [0.25, 0.3) is 11.1 Å². The molecule has 2 rings (SSSR count). The predicted molar refractivity (Wildman–Crippen MR) is 94.2 cm³/mol. The molecule has 1 aromatic carbocycles. The Morgan fingerprint density at radius 1 is 1.17 bits per heavy atom. The molecule has 3 nitrogen and oxygen atoms in total. The monoisotopic (exact) mass is 402 g/mol. The van der Waals surface area contributed by atoms with Crippen molar-refractivity contribution in [2.24, 2.45) is 0 Å². The molecule has 0 radical (unpaired) electrons. The maximum absolute atomic E-state index is 14.1. The van der Waals surface area contributed by atoms with Crippen LogP contribution in [0.2, 0.25) is 19.6 Å². The molecule has 0 atom stereocenters. The number of aromatic nitrogens is 2. The van der Waals surface area contributed by atoms with Gasteiger partial charge in [0.15, 0.2) is 11.6 Å². The van der Waals surface area contributed by atoms with Crippen LogP contribution >= 0.6 is 15.9 Å². The lowest BCUT2D eigenvalue weighted by Crippen LogP contribution is -2.29. The molecule has 0 spiro atoms. The van der Waals surface area contributed by atoms with E-state index in [1.807, 2.05) is 0 Å². The molecule has 126 valence electrons. The van der Waals surface area contributed by atoms with Gasteiger partial charge in [-0.3, -0.25) is 4.68 Å². The standard InChI is InChI=1S/C16H21BrF2N2OSi/c1-11-13(12-5-6-14(17)16(19)15(12)18)9-21(20-11)7-8-22-10-23(2,3)4/h5-6,9H,7-8,10H2,1-4H3. The molecule has 0 saturated carbocycles. The van der Waals surface area contributed by atoms with Crippen molar-refractivity contribution in [2.75, 3.05) is 12.8 Å². The Balaban J connectivity index is 2.11. The fourth-order valence-corrected chi connectivity index (χ4v) is 3.23. The van der Waals surface area contributed by atoms with Crippen LogP contribution in [0.1, 0.15) is 5.69 Å². The summed E-state index contributed by atoms with van der Waals surface area (Å²) in [5.41, 5.74) is 1.48. The van der Waals surface area contributed by atoms with Gasteiger partial charge in [0.2, 0.25) is 0 Å². The number of rotatable bonds is 6. The average molecular weight is 403 g/mol. The molecular weight excluding hydrogens is 382 g/mol. The van der Waals surface area contributed by atoms with Crippen molar-refractivity contribution in [1.82, 2.24) is 9.78 Å². The van der Waals surface area contributed by atoms with Gasteiger partial charge in [0.1, 0.15) is 0 Å². The minimum absolute atomic E-state index is 0.114. The highest BCUT2D eigenvalue weighted by molar-refractivity contribution is 9.10. The molecule has 0 amide bonds. The number of benzene rings is 1. The number of hydrogen-bond acceptors (Lipinski definition) is 2. The third-order valence-corrected chi connectivity index (χ3v) is 4.95. The third kappa shape index (κ3) is 4.71. The summed E-state index contributed by atoms with van der Waals surface area (Å²) in [6.45, 7) is 9.66. The minimum atomic E-state index is -1.22. The minimum Gasteiger partial charge on any atom is -0.383 e. The summed E-state index contributed by atoms with van der Waals surface area (Å²) in [5.74, 6) is -1.75. The Hall–Kier alpha value is -1.05. The number of aryl methyl sites for hydroxylation is 1. The van der Waals surface area contributed by atoms with Crippen molar-refractivity contribution < 1.29 is 13.5 Å². The van der Waals surface area contributed by atoms with E-state index in [1.54, 1.807) is 23.9 Å². The summed E-state index contributed by atoms with van der Waals surface area (Å²) in [6.07, 6.45) is 2.53. The molecule has 0 N–H and O–H groups in total. The van der Waals surface area contributed by atoms with Gasteiger partial charge in [0.05, 0.1) is 31.4 Å². The second-order valence-corrected chi connectivity index (χ2v) is 13.0. The molecule has 0 bridgehead atoms. The normalized spacial score (nSPS) is 12.0. The maximum atomic E-state index is 14.1. The number of halogens is 3. The van der Waals surface area contributed by atoms with Crippen molar-refractivity contribution >= 4 is 24.0 Å². The average Bonchev–Trinajstić information content (AvgIpc) is 2.81. The summed E-state index contributed by atoms with van der Waals surface area (Å²) in [4.78, 5) is 0. The van der Waals surface area contributed by atoms with E-state index in [0.29, 0.717) is 24.4 Å². The smallest absolute Gasteiger partial charge is 0.173 e. The molecule has 0 aliphatic rings. The van der Waals surface area contributed by atoms with Crippen LogP contribution in [0, 0.1) is 18.6 Å². The summed E-state index contributed by atoms with van der Waals surface area (Å²) in [7, 11) is -1.22. The third-order valence-electron chi connectivity index (χ3n) is 3.27. The van der Waals surface area contributed by atoms with Gasteiger partial charge in [-0.2, -0.15) is 5.10 Å². The van der Waals surface area contributed by atoms with Crippen LogP contribution in [-0.4, -0.2) is 30.7 Å². The number of ether oxygens (including phenoxy) is 1. The van der Waals surface area contributed by atoms with Crippen molar-refractivity contribution in [3.63, 3.8) is 0 Å². The van der Waals surface area contributed by atoms with Crippen LogP contribution in [0.3, 0.4) is 0 Å². The predicted octanol–water partition coefficient (Wildman–Crippen LogP) is 4.79. The molecular formula is C16H21BrF2N2OSi. The Labute approximate surface area is 144 Å². The van der Waals surface area contributed by atoms with E-state index >= 15 is 0 Å². The molecule has 0 fully saturated rings. The van der Waals surface area contributed by atoms with Gasteiger partial charge >= 0.3 is 0 Å². The van der Waals surface area contributed by atoms with Crippen LogP contribution in [0.4, 0.5) is 8.78 Å². The van der Waals surface area contributed by atoms with E-state index in [1.165, 1.54) is 6.07 Å². The molecule has 0 unspecified atom stereocenters.